The number of nitrogens with zero attached hydrogens (tertiary/aromatic N) is 1. The fourth-order valence-electron chi connectivity index (χ4n) is 1.72. The highest BCUT2D eigenvalue weighted by Gasteiger charge is 2.12. The van der Waals surface area contributed by atoms with Crippen molar-refractivity contribution in [3.8, 4) is 0 Å². The minimum atomic E-state index is -0.751. The Bertz CT molecular complexity index is 611. The predicted octanol–water partition coefficient (Wildman–Crippen LogP) is 3.04. The van der Waals surface area contributed by atoms with Crippen LogP contribution in [0, 0.1) is 11.6 Å². The minimum Gasteiger partial charge on any atom is -0.370 e. The summed E-state index contributed by atoms with van der Waals surface area (Å²) < 4.78 is 26.1. The first-order chi connectivity index (χ1) is 9.60. The van der Waals surface area contributed by atoms with E-state index in [9.17, 15) is 13.6 Å². The molecule has 1 aromatic carbocycles. The number of pyridine rings is 1. The van der Waals surface area contributed by atoms with E-state index in [2.05, 4.69) is 15.6 Å². The molecule has 0 atom stereocenters. The molecule has 0 saturated carbocycles. The highest BCUT2D eigenvalue weighted by molar-refractivity contribution is 6.07. The number of aromatic nitrogens is 1. The van der Waals surface area contributed by atoms with E-state index in [1.807, 2.05) is 6.92 Å². The third-order valence-corrected chi connectivity index (χ3v) is 2.52. The van der Waals surface area contributed by atoms with Crippen LogP contribution in [0.1, 0.15) is 17.3 Å². The van der Waals surface area contributed by atoms with E-state index in [4.69, 9.17) is 0 Å². The number of hydrogen-bond donors (Lipinski definition) is 2. The normalized spacial score (nSPS) is 10.2. The zero-order valence-corrected chi connectivity index (χ0v) is 10.8. The van der Waals surface area contributed by atoms with E-state index in [1.54, 1.807) is 18.3 Å². The molecule has 20 heavy (non-hydrogen) atoms. The van der Waals surface area contributed by atoms with Crippen LogP contribution >= 0.6 is 0 Å². The van der Waals surface area contributed by atoms with Gasteiger partial charge in [-0.1, -0.05) is 0 Å². The summed E-state index contributed by atoms with van der Waals surface area (Å²) in [5.41, 5.74) is 0.359. The molecule has 6 heteroatoms. The fourth-order valence-corrected chi connectivity index (χ4v) is 1.72. The van der Waals surface area contributed by atoms with E-state index in [0.717, 1.165) is 18.2 Å². The van der Waals surface area contributed by atoms with E-state index < -0.39 is 17.5 Å². The standard InChI is InChI=1S/C14H13F2N3O/c1-2-17-13-12(4-3-5-18-13)14(20)19-11-7-9(15)6-10(16)8-11/h3-8H,2H2,1H3,(H,17,18)(H,19,20). The van der Waals surface area contributed by atoms with Crippen molar-refractivity contribution in [1.29, 1.82) is 0 Å². The molecule has 2 rings (SSSR count). The number of hydrogen-bond acceptors (Lipinski definition) is 3. The van der Waals surface area contributed by atoms with Gasteiger partial charge in [0.1, 0.15) is 17.5 Å². The molecule has 0 unspecified atom stereocenters. The monoisotopic (exact) mass is 277 g/mol. The number of anilines is 2. The predicted molar refractivity (Wildman–Crippen MR) is 72.7 cm³/mol. The van der Waals surface area contributed by atoms with Crippen molar-refractivity contribution in [1.82, 2.24) is 4.98 Å². The molecule has 2 N–H and O–H groups in total. The largest absolute Gasteiger partial charge is 0.370 e. The van der Waals surface area contributed by atoms with E-state index in [0.29, 0.717) is 17.9 Å². The molecule has 1 amide bonds. The molecule has 2 aromatic rings. The van der Waals surface area contributed by atoms with Crippen LogP contribution in [0.3, 0.4) is 0 Å². The number of benzene rings is 1. The van der Waals surface area contributed by atoms with Crippen molar-refractivity contribution in [2.45, 2.75) is 6.92 Å². The topological polar surface area (TPSA) is 54.0 Å². The summed E-state index contributed by atoms with van der Waals surface area (Å²) in [6.07, 6.45) is 1.55. The second-order valence-electron chi connectivity index (χ2n) is 4.04. The van der Waals surface area contributed by atoms with Gasteiger partial charge in [-0.25, -0.2) is 13.8 Å². The minimum absolute atomic E-state index is 0.0544. The van der Waals surface area contributed by atoms with Gasteiger partial charge < -0.3 is 10.6 Å². The van der Waals surface area contributed by atoms with Crippen LogP contribution in [0.25, 0.3) is 0 Å². The molecule has 0 fully saturated rings. The summed E-state index contributed by atoms with van der Waals surface area (Å²) in [6.45, 7) is 2.48. The van der Waals surface area contributed by atoms with Crippen molar-refractivity contribution < 1.29 is 13.6 Å². The van der Waals surface area contributed by atoms with Crippen LogP contribution in [0.2, 0.25) is 0 Å². The zero-order valence-electron chi connectivity index (χ0n) is 10.8. The van der Waals surface area contributed by atoms with E-state index >= 15 is 0 Å². The lowest BCUT2D eigenvalue weighted by Crippen LogP contribution is -2.15. The van der Waals surface area contributed by atoms with Gasteiger partial charge in [-0.3, -0.25) is 4.79 Å². The SMILES string of the molecule is CCNc1ncccc1C(=O)Nc1cc(F)cc(F)c1. The molecule has 1 heterocycles. The lowest BCUT2D eigenvalue weighted by molar-refractivity contribution is 0.102. The molecular weight excluding hydrogens is 264 g/mol. The molecule has 4 nitrogen and oxygen atoms in total. The summed E-state index contributed by atoms with van der Waals surface area (Å²) in [5, 5.41) is 5.39. The smallest absolute Gasteiger partial charge is 0.259 e. The van der Waals surface area contributed by atoms with Gasteiger partial charge in [0.05, 0.1) is 5.56 Å². The second-order valence-corrected chi connectivity index (χ2v) is 4.04. The van der Waals surface area contributed by atoms with Crippen LogP contribution in [-0.2, 0) is 0 Å². The van der Waals surface area contributed by atoms with Gasteiger partial charge in [-0.05, 0) is 31.2 Å². The number of rotatable bonds is 4. The van der Waals surface area contributed by atoms with E-state index in [1.165, 1.54) is 0 Å². The molecule has 0 radical (unpaired) electrons. The summed E-state index contributed by atoms with van der Waals surface area (Å²) in [5.74, 6) is -1.57. The number of carbonyl (C=O) groups excluding carboxylic acids is 1. The first-order valence-electron chi connectivity index (χ1n) is 6.06. The maximum absolute atomic E-state index is 13.1. The van der Waals surface area contributed by atoms with Crippen LogP contribution in [0.15, 0.2) is 36.5 Å². The Labute approximate surface area is 114 Å². The number of halogens is 2. The molecular formula is C14H13F2N3O. The van der Waals surface area contributed by atoms with Gasteiger partial charge >= 0.3 is 0 Å². The van der Waals surface area contributed by atoms with Crippen molar-refractivity contribution in [3.05, 3.63) is 53.7 Å². The first kappa shape index (κ1) is 13.9. The summed E-state index contributed by atoms with van der Waals surface area (Å²) in [6, 6.07) is 6.02. The van der Waals surface area contributed by atoms with Gasteiger partial charge in [-0.15, -0.1) is 0 Å². The third kappa shape index (κ3) is 3.28. The molecule has 1 aromatic heterocycles. The Kier molecular flexibility index (Phi) is 4.24. The van der Waals surface area contributed by atoms with E-state index in [-0.39, 0.29) is 5.69 Å². The second kappa shape index (κ2) is 6.10. The Balaban J connectivity index is 2.23. The third-order valence-electron chi connectivity index (χ3n) is 2.52. The van der Waals surface area contributed by atoms with Crippen molar-refractivity contribution in [2.75, 3.05) is 17.2 Å². The van der Waals surface area contributed by atoms with Crippen LogP contribution in [0.4, 0.5) is 20.3 Å². The van der Waals surface area contributed by atoms with Crippen molar-refractivity contribution >= 4 is 17.4 Å². The Morgan fingerprint density at radius 1 is 1.25 bits per heavy atom. The molecule has 0 aliphatic heterocycles. The summed E-state index contributed by atoms with van der Waals surface area (Å²) in [7, 11) is 0. The number of nitrogens with one attached hydrogen (secondary N) is 2. The van der Waals surface area contributed by atoms with Crippen molar-refractivity contribution in [3.63, 3.8) is 0 Å². The molecule has 0 saturated heterocycles. The first-order valence-corrected chi connectivity index (χ1v) is 6.06. The molecule has 104 valence electrons. The Hall–Kier alpha value is -2.50. The van der Waals surface area contributed by atoms with Gasteiger partial charge in [0.2, 0.25) is 0 Å². The summed E-state index contributed by atoms with van der Waals surface area (Å²) in [4.78, 5) is 16.1. The highest BCUT2D eigenvalue weighted by atomic mass is 19.1. The molecule has 0 bridgehead atoms. The van der Waals surface area contributed by atoms with Crippen molar-refractivity contribution in [2.24, 2.45) is 0 Å². The Morgan fingerprint density at radius 3 is 2.60 bits per heavy atom. The number of amides is 1. The fraction of sp³-hybridized carbons (Fsp3) is 0.143. The van der Waals surface area contributed by atoms with Gasteiger partial charge in [0.25, 0.3) is 5.91 Å². The van der Waals surface area contributed by atoms with Gasteiger partial charge in [0, 0.05) is 24.5 Å². The molecule has 0 aliphatic rings. The quantitative estimate of drug-likeness (QED) is 0.903. The average Bonchev–Trinajstić information content (AvgIpc) is 2.38. The maximum Gasteiger partial charge on any atom is 0.259 e. The molecule has 0 aliphatic carbocycles. The Morgan fingerprint density at radius 2 is 1.95 bits per heavy atom. The lowest BCUT2D eigenvalue weighted by atomic mass is 10.2. The van der Waals surface area contributed by atoms with Crippen LogP contribution in [0.5, 0.6) is 0 Å². The zero-order chi connectivity index (χ0) is 14.5. The number of carbonyl (C=O) groups is 1. The average molecular weight is 277 g/mol. The molecule has 0 spiro atoms. The van der Waals surface area contributed by atoms with Gasteiger partial charge in [-0.2, -0.15) is 0 Å². The van der Waals surface area contributed by atoms with Crippen LogP contribution in [-0.4, -0.2) is 17.4 Å². The highest BCUT2D eigenvalue weighted by Crippen LogP contribution is 2.17. The maximum atomic E-state index is 13.1. The summed E-state index contributed by atoms with van der Waals surface area (Å²) >= 11 is 0. The lowest BCUT2D eigenvalue weighted by Gasteiger charge is -2.10. The van der Waals surface area contributed by atoms with Crippen LogP contribution < -0.4 is 10.6 Å². The van der Waals surface area contributed by atoms with Gasteiger partial charge in [0.15, 0.2) is 0 Å².